The van der Waals surface area contributed by atoms with E-state index in [4.69, 9.17) is 0 Å². The molecule has 0 aliphatic heterocycles. The molecule has 2 aromatic carbocycles. The highest BCUT2D eigenvalue weighted by Crippen LogP contribution is 2.12. The summed E-state index contributed by atoms with van der Waals surface area (Å²) in [6.45, 7) is 5.51. The van der Waals surface area contributed by atoms with Crippen molar-refractivity contribution >= 4 is 0 Å². The zero-order valence-corrected chi connectivity index (χ0v) is 14.0. The molecule has 0 bridgehead atoms. The SMILES string of the molecule is Cc1cc(C)cc(-n2ncc(CNCc3ccccc3CO)n2)c1. The summed E-state index contributed by atoms with van der Waals surface area (Å²) in [6, 6.07) is 14.1. The van der Waals surface area contributed by atoms with E-state index in [-0.39, 0.29) is 6.61 Å². The van der Waals surface area contributed by atoms with Crippen molar-refractivity contribution in [2.45, 2.75) is 33.5 Å². The minimum absolute atomic E-state index is 0.0563. The Hall–Kier alpha value is -2.50. The normalized spacial score (nSPS) is 11.0. The molecule has 0 saturated heterocycles. The maximum absolute atomic E-state index is 9.36. The topological polar surface area (TPSA) is 63.0 Å². The van der Waals surface area contributed by atoms with Gasteiger partial charge in [-0.05, 0) is 48.2 Å². The molecule has 24 heavy (non-hydrogen) atoms. The zero-order valence-electron chi connectivity index (χ0n) is 14.0. The largest absolute Gasteiger partial charge is 0.392 e. The summed E-state index contributed by atoms with van der Waals surface area (Å²) in [7, 11) is 0. The lowest BCUT2D eigenvalue weighted by Gasteiger charge is -2.07. The molecule has 1 aromatic heterocycles. The van der Waals surface area contributed by atoms with Gasteiger partial charge in [-0.1, -0.05) is 30.3 Å². The molecule has 0 fully saturated rings. The van der Waals surface area contributed by atoms with E-state index in [1.165, 1.54) is 11.1 Å². The summed E-state index contributed by atoms with van der Waals surface area (Å²) in [5.41, 5.74) is 6.30. The molecule has 0 spiro atoms. The summed E-state index contributed by atoms with van der Waals surface area (Å²) in [5.74, 6) is 0. The molecule has 0 aliphatic carbocycles. The van der Waals surface area contributed by atoms with Crippen molar-refractivity contribution in [2.24, 2.45) is 0 Å². The lowest BCUT2D eigenvalue weighted by molar-refractivity contribution is 0.280. The average molecular weight is 322 g/mol. The van der Waals surface area contributed by atoms with E-state index >= 15 is 0 Å². The first-order valence-electron chi connectivity index (χ1n) is 8.04. The van der Waals surface area contributed by atoms with E-state index in [9.17, 15) is 5.11 Å². The molecule has 0 amide bonds. The van der Waals surface area contributed by atoms with Gasteiger partial charge < -0.3 is 10.4 Å². The van der Waals surface area contributed by atoms with Crippen LogP contribution in [-0.2, 0) is 19.7 Å². The van der Waals surface area contributed by atoms with E-state index < -0.39 is 0 Å². The van der Waals surface area contributed by atoms with Gasteiger partial charge in [-0.3, -0.25) is 0 Å². The summed E-state index contributed by atoms with van der Waals surface area (Å²) in [4.78, 5) is 1.67. The number of hydrogen-bond donors (Lipinski definition) is 2. The Morgan fingerprint density at radius 2 is 1.71 bits per heavy atom. The molecule has 124 valence electrons. The zero-order chi connectivity index (χ0) is 16.9. The number of nitrogens with one attached hydrogen (secondary N) is 1. The first kappa shape index (κ1) is 16.4. The second-order valence-corrected chi connectivity index (χ2v) is 6.00. The fourth-order valence-corrected chi connectivity index (χ4v) is 2.78. The van der Waals surface area contributed by atoms with Crippen LogP contribution >= 0.6 is 0 Å². The van der Waals surface area contributed by atoms with Crippen molar-refractivity contribution in [3.63, 3.8) is 0 Å². The molecule has 0 radical (unpaired) electrons. The van der Waals surface area contributed by atoms with Gasteiger partial charge in [0.2, 0.25) is 0 Å². The molecule has 1 heterocycles. The van der Waals surface area contributed by atoms with Crippen LogP contribution in [-0.4, -0.2) is 20.1 Å². The predicted octanol–water partition coefficient (Wildman–Crippen LogP) is 2.67. The number of aryl methyl sites for hydroxylation is 2. The van der Waals surface area contributed by atoms with Crippen LogP contribution in [0.1, 0.15) is 27.9 Å². The van der Waals surface area contributed by atoms with Gasteiger partial charge in [-0.2, -0.15) is 15.0 Å². The van der Waals surface area contributed by atoms with Crippen LogP contribution < -0.4 is 5.32 Å². The second kappa shape index (κ2) is 7.38. The molecule has 3 aromatic rings. The average Bonchev–Trinajstić information content (AvgIpc) is 3.03. The third kappa shape index (κ3) is 3.88. The molecule has 0 aliphatic rings. The number of aliphatic hydroxyl groups is 1. The summed E-state index contributed by atoms with van der Waals surface area (Å²) in [5, 5.41) is 21.6. The van der Waals surface area contributed by atoms with Gasteiger partial charge >= 0.3 is 0 Å². The van der Waals surface area contributed by atoms with Crippen molar-refractivity contribution in [3.05, 3.63) is 76.6 Å². The highest BCUT2D eigenvalue weighted by molar-refractivity contribution is 5.37. The van der Waals surface area contributed by atoms with Crippen molar-refractivity contribution in [3.8, 4) is 5.69 Å². The molecular weight excluding hydrogens is 300 g/mol. The van der Waals surface area contributed by atoms with Crippen LogP contribution in [0.25, 0.3) is 5.69 Å². The van der Waals surface area contributed by atoms with E-state index in [0.29, 0.717) is 13.1 Å². The van der Waals surface area contributed by atoms with Gasteiger partial charge in [-0.15, -0.1) is 0 Å². The van der Waals surface area contributed by atoms with E-state index in [1.807, 2.05) is 24.3 Å². The van der Waals surface area contributed by atoms with Gasteiger partial charge in [0.1, 0.15) is 0 Å². The minimum atomic E-state index is 0.0563. The fraction of sp³-hybridized carbons (Fsp3) is 0.263. The minimum Gasteiger partial charge on any atom is -0.392 e. The van der Waals surface area contributed by atoms with Crippen molar-refractivity contribution in [1.29, 1.82) is 0 Å². The Morgan fingerprint density at radius 1 is 1.00 bits per heavy atom. The summed E-state index contributed by atoms with van der Waals surface area (Å²) < 4.78 is 0. The highest BCUT2D eigenvalue weighted by atomic mass is 16.3. The number of hydrogen-bond acceptors (Lipinski definition) is 4. The van der Waals surface area contributed by atoms with Gasteiger partial charge in [-0.25, -0.2) is 0 Å². The lowest BCUT2D eigenvalue weighted by atomic mass is 10.1. The van der Waals surface area contributed by atoms with Crippen molar-refractivity contribution in [1.82, 2.24) is 20.3 Å². The lowest BCUT2D eigenvalue weighted by Crippen LogP contribution is -2.14. The van der Waals surface area contributed by atoms with Crippen LogP contribution in [0.5, 0.6) is 0 Å². The highest BCUT2D eigenvalue weighted by Gasteiger charge is 2.05. The Balaban J connectivity index is 1.64. The van der Waals surface area contributed by atoms with E-state index in [2.05, 4.69) is 47.6 Å². The summed E-state index contributed by atoms with van der Waals surface area (Å²) in [6.07, 6.45) is 1.78. The summed E-state index contributed by atoms with van der Waals surface area (Å²) >= 11 is 0. The maximum Gasteiger partial charge on any atom is 0.0969 e. The van der Waals surface area contributed by atoms with Crippen LogP contribution in [0.3, 0.4) is 0 Å². The molecule has 5 nitrogen and oxygen atoms in total. The van der Waals surface area contributed by atoms with Gasteiger partial charge in [0, 0.05) is 13.1 Å². The molecule has 0 atom stereocenters. The van der Waals surface area contributed by atoms with Gasteiger partial charge in [0.05, 0.1) is 24.2 Å². The predicted molar refractivity (Wildman–Crippen MR) is 93.7 cm³/mol. The number of nitrogens with zero attached hydrogens (tertiary/aromatic N) is 3. The monoisotopic (exact) mass is 322 g/mol. The Bertz CT molecular complexity index is 805. The number of aliphatic hydroxyl groups excluding tert-OH is 1. The van der Waals surface area contributed by atoms with E-state index in [1.54, 1.807) is 11.0 Å². The number of benzene rings is 2. The maximum atomic E-state index is 9.36. The number of aromatic nitrogens is 3. The van der Waals surface area contributed by atoms with Crippen LogP contribution in [0.4, 0.5) is 0 Å². The fourth-order valence-electron chi connectivity index (χ4n) is 2.78. The van der Waals surface area contributed by atoms with Crippen molar-refractivity contribution < 1.29 is 5.11 Å². The molecule has 2 N–H and O–H groups in total. The molecule has 3 rings (SSSR count). The number of rotatable bonds is 6. The molecule has 5 heteroatoms. The Kier molecular flexibility index (Phi) is 5.03. The van der Waals surface area contributed by atoms with Crippen molar-refractivity contribution in [2.75, 3.05) is 0 Å². The molecule has 0 unspecified atom stereocenters. The van der Waals surface area contributed by atoms with Crippen LogP contribution in [0.15, 0.2) is 48.7 Å². The Labute approximate surface area is 142 Å². The third-order valence-electron chi connectivity index (χ3n) is 3.89. The van der Waals surface area contributed by atoms with Gasteiger partial charge in [0.25, 0.3) is 0 Å². The van der Waals surface area contributed by atoms with Crippen LogP contribution in [0, 0.1) is 13.8 Å². The van der Waals surface area contributed by atoms with Crippen LogP contribution in [0.2, 0.25) is 0 Å². The standard InChI is InChI=1S/C19H22N4O/c1-14-7-15(2)9-19(8-14)23-21-12-18(22-23)11-20-10-16-5-3-4-6-17(16)13-24/h3-9,12,20,24H,10-11,13H2,1-2H3. The smallest absolute Gasteiger partial charge is 0.0969 e. The molecule has 0 saturated carbocycles. The van der Waals surface area contributed by atoms with Gasteiger partial charge in [0.15, 0.2) is 0 Å². The third-order valence-corrected chi connectivity index (χ3v) is 3.89. The first-order chi connectivity index (χ1) is 11.7. The molecular formula is C19H22N4O. The second-order valence-electron chi connectivity index (χ2n) is 6.00. The van der Waals surface area contributed by atoms with E-state index in [0.717, 1.165) is 22.5 Å². The Morgan fingerprint density at radius 3 is 2.42 bits per heavy atom. The quantitative estimate of drug-likeness (QED) is 0.732. The first-order valence-corrected chi connectivity index (χ1v) is 8.04.